The molecule has 32 heavy (non-hydrogen) atoms. The van der Waals surface area contributed by atoms with Gasteiger partial charge in [-0.05, 0) is 71.6 Å². The van der Waals surface area contributed by atoms with Crippen LogP contribution in [0.4, 0.5) is 0 Å². The van der Waals surface area contributed by atoms with Crippen molar-refractivity contribution in [1.29, 1.82) is 0 Å². The molecule has 0 radical (unpaired) electrons. The zero-order chi connectivity index (χ0) is 25.6. The van der Waals surface area contributed by atoms with Crippen LogP contribution in [0.1, 0.15) is 128 Å². The summed E-state index contributed by atoms with van der Waals surface area (Å²) in [6, 6.07) is 0. The summed E-state index contributed by atoms with van der Waals surface area (Å²) in [6.45, 7) is 24.1. The Bertz CT molecular complexity index is 513. The Kier molecular flexibility index (Phi) is 16.2. The molecule has 0 aliphatic rings. The highest BCUT2D eigenvalue weighted by atomic mass is 17.2. The zero-order valence-corrected chi connectivity index (χ0v) is 23.1. The predicted molar refractivity (Wildman–Crippen MR) is 130 cm³/mol. The maximum absolute atomic E-state index is 11.6. The number of hydrogen-bond acceptors (Lipinski definition) is 6. The lowest BCUT2D eigenvalue weighted by molar-refractivity contribution is -0.325. The van der Waals surface area contributed by atoms with Crippen molar-refractivity contribution in [2.45, 2.75) is 139 Å². The molecule has 2 unspecified atom stereocenters. The normalized spacial score (nSPS) is 14.1. The number of hydrogen-bond donors (Lipinski definition) is 0. The summed E-state index contributed by atoms with van der Waals surface area (Å²) in [5.41, 5.74) is -0.592. The molecule has 192 valence electrons. The van der Waals surface area contributed by atoms with Crippen LogP contribution in [0.3, 0.4) is 0 Å². The minimum absolute atomic E-state index is 0.0210. The van der Waals surface area contributed by atoms with Crippen molar-refractivity contribution in [2.75, 3.05) is 0 Å². The standard InChI is InChI=1S/C14H28O3.C12H24O3/c1-8-14(6,7)17-16-12(15)9-11(2)10-13(3,4)5;1-6-8-9-10(7-2)11(13)14-15-12(3,4)5/h11H,8-10H2,1-7H3;10H,6-9H2,1-5H3. The van der Waals surface area contributed by atoms with Crippen molar-refractivity contribution in [1.82, 2.24) is 0 Å². The third kappa shape index (κ3) is 20.7. The fourth-order valence-corrected chi connectivity index (χ4v) is 2.83. The van der Waals surface area contributed by atoms with Gasteiger partial charge in [-0.1, -0.05) is 61.3 Å². The molecule has 0 bridgehead atoms. The molecule has 0 amide bonds. The largest absolute Gasteiger partial charge is 0.345 e. The van der Waals surface area contributed by atoms with E-state index in [1.807, 2.05) is 48.5 Å². The molecular weight excluding hydrogens is 408 g/mol. The van der Waals surface area contributed by atoms with Crippen LogP contribution in [0.25, 0.3) is 0 Å². The van der Waals surface area contributed by atoms with E-state index in [0.29, 0.717) is 12.3 Å². The van der Waals surface area contributed by atoms with Gasteiger partial charge in [-0.15, -0.1) is 0 Å². The Morgan fingerprint density at radius 3 is 1.81 bits per heavy atom. The van der Waals surface area contributed by atoms with Gasteiger partial charge in [-0.25, -0.2) is 9.59 Å². The van der Waals surface area contributed by atoms with Gasteiger partial charge >= 0.3 is 11.9 Å². The molecular formula is C26H52O6. The van der Waals surface area contributed by atoms with E-state index in [1.54, 1.807) is 0 Å². The zero-order valence-electron chi connectivity index (χ0n) is 23.1. The van der Waals surface area contributed by atoms with Gasteiger partial charge in [0, 0.05) is 0 Å². The summed E-state index contributed by atoms with van der Waals surface area (Å²) in [5, 5.41) is 0. The summed E-state index contributed by atoms with van der Waals surface area (Å²) >= 11 is 0. The fourth-order valence-electron chi connectivity index (χ4n) is 2.83. The summed E-state index contributed by atoms with van der Waals surface area (Å²) in [6.07, 6.45) is 6.08. The van der Waals surface area contributed by atoms with E-state index in [0.717, 1.165) is 38.5 Å². The number of carbonyl (C=O) groups is 2. The molecule has 0 aliphatic heterocycles. The first-order chi connectivity index (χ1) is 14.5. The molecule has 6 nitrogen and oxygen atoms in total. The summed E-state index contributed by atoms with van der Waals surface area (Å²) in [4.78, 5) is 42.9. The first-order valence-corrected chi connectivity index (χ1v) is 12.2. The lowest BCUT2D eigenvalue weighted by Gasteiger charge is -2.24. The minimum atomic E-state index is -0.432. The molecule has 2 atom stereocenters. The second-order valence-electron chi connectivity index (χ2n) is 11.6. The van der Waals surface area contributed by atoms with Crippen LogP contribution in [-0.2, 0) is 29.1 Å². The van der Waals surface area contributed by atoms with Gasteiger partial charge in [0.05, 0.1) is 12.3 Å². The molecule has 0 aromatic carbocycles. The van der Waals surface area contributed by atoms with E-state index in [4.69, 9.17) is 19.6 Å². The number of rotatable bonds is 12. The van der Waals surface area contributed by atoms with Crippen LogP contribution < -0.4 is 0 Å². The van der Waals surface area contributed by atoms with Crippen LogP contribution in [-0.4, -0.2) is 23.1 Å². The average Bonchev–Trinajstić information content (AvgIpc) is 2.64. The lowest BCUT2D eigenvalue weighted by atomic mass is 9.84. The topological polar surface area (TPSA) is 71.1 Å². The van der Waals surface area contributed by atoms with E-state index in [1.165, 1.54) is 0 Å². The van der Waals surface area contributed by atoms with Crippen molar-refractivity contribution < 1.29 is 29.1 Å². The minimum Gasteiger partial charge on any atom is -0.298 e. The van der Waals surface area contributed by atoms with Gasteiger partial charge in [0.2, 0.25) is 0 Å². The van der Waals surface area contributed by atoms with Gasteiger partial charge < -0.3 is 0 Å². The van der Waals surface area contributed by atoms with E-state index < -0.39 is 11.2 Å². The molecule has 0 aromatic rings. The highest BCUT2D eigenvalue weighted by Gasteiger charge is 2.23. The lowest BCUT2D eigenvalue weighted by Crippen LogP contribution is -2.26. The summed E-state index contributed by atoms with van der Waals surface area (Å²) in [7, 11) is 0. The van der Waals surface area contributed by atoms with E-state index in [-0.39, 0.29) is 23.3 Å². The van der Waals surface area contributed by atoms with Gasteiger partial charge in [0.25, 0.3) is 0 Å². The van der Waals surface area contributed by atoms with Gasteiger partial charge in [-0.3, -0.25) is 9.78 Å². The van der Waals surface area contributed by atoms with E-state index in [2.05, 4.69) is 34.6 Å². The average molecular weight is 461 g/mol. The summed E-state index contributed by atoms with van der Waals surface area (Å²) in [5.74, 6) is -0.215. The summed E-state index contributed by atoms with van der Waals surface area (Å²) < 4.78 is 0. The Balaban J connectivity index is 0. The van der Waals surface area contributed by atoms with E-state index >= 15 is 0 Å². The first-order valence-electron chi connectivity index (χ1n) is 12.2. The molecule has 6 heteroatoms. The molecule has 0 saturated heterocycles. The second-order valence-corrected chi connectivity index (χ2v) is 11.6. The Morgan fingerprint density at radius 2 is 1.41 bits per heavy atom. The van der Waals surface area contributed by atoms with Gasteiger partial charge in [-0.2, -0.15) is 9.78 Å². The van der Waals surface area contributed by atoms with Gasteiger partial charge in [0.1, 0.15) is 11.2 Å². The number of unbranched alkanes of at least 4 members (excludes halogenated alkanes) is 1. The highest BCUT2D eigenvalue weighted by molar-refractivity contribution is 5.71. The highest BCUT2D eigenvalue weighted by Crippen LogP contribution is 2.26. The predicted octanol–water partition coefficient (Wildman–Crippen LogP) is 7.59. The third-order valence-electron chi connectivity index (χ3n) is 4.79. The Labute approximate surface area is 198 Å². The van der Waals surface area contributed by atoms with Crippen molar-refractivity contribution in [3.8, 4) is 0 Å². The SMILES string of the molecule is CCC(C)(C)OOC(=O)CC(C)CC(C)(C)C.CCCCC(CC)C(=O)OOC(C)(C)C. The number of carbonyl (C=O) groups excluding carboxylic acids is 2. The van der Waals surface area contributed by atoms with Crippen LogP contribution in [0.5, 0.6) is 0 Å². The smallest absolute Gasteiger partial charge is 0.298 e. The maximum Gasteiger partial charge on any atom is 0.345 e. The van der Waals surface area contributed by atoms with Crippen LogP contribution >= 0.6 is 0 Å². The molecule has 0 aromatic heterocycles. The van der Waals surface area contributed by atoms with E-state index in [9.17, 15) is 9.59 Å². The molecule has 0 N–H and O–H groups in total. The molecule has 0 saturated carbocycles. The molecule has 0 spiro atoms. The van der Waals surface area contributed by atoms with Crippen LogP contribution in [0.2, 0.25) is 0 Å². The van der Waals surface area contributed by atoms with Crippen molar-refractivity contribution in [2.24, 2.45) is 17.3 Å². The molecule has 0 heterocycles. The Hall–Kier alpha value is -1.14. The van der Waals surface area contributed by atoms with Crippen molar-refractivity contribution >= 4 is 11.9 Å². The maximum atomic E-state index is 11.6. The van der Waals surface area contributed by atoms with Crippen molar-refractivity contribution in [3.63, 3.8) is 0 Å². The van der Waals surface area contributed by atoms with Crippen LogP contribution in [0.15, 0.2) is 0 Å². The monoisotopic (exact) mass is 460 g/mol. The van der Waals surface area contributed by atoms with Crippen LogP contribution in [0, 0.1) is 17.3 Å². The third-order valence-corrected chi connectivity index (χ3v) is 4.79. The van der Waals surface area contributed by atoms with Gasteiger partial charge in [0.15, 0.2) is 0 Å². The van der Waals surface area contributed by atoms with Crippen molar-refractivity contribution in [3.05, 3.63) is 0 Å². The molecule has 0 fully saturated rings. The molecule has 0 rings (SSSR count). The molecule has 0 aliphatic carbocycles. The first kappa shape index (κ1) is 33.0. The Morgan fingerprint density at radius 1 is 0.844 bits per heavy atom. The quantitative estimate of drug-likeness (QED) is 0.221. The fraction of sp³-hybridized carbons (Fsp3) is 0.923. The second kappa shape index (κ2) is 15.7.